The highest BCUT2D eigenvalue weighted by Crippen LogP contribution is 2.45. The fraction of sp³-hybridized carbons (Fsp3) is 0.529. The maximum absolute atomic E-state index is 15.1. The zero-order valence-electron chi connectivity index (χ0n) is 28.7. The third kappa shape index (κ3) is 13.8. The van der Waals surface area contributed by atoms with Crippen LogP contribution in [0.25, 0.3) is 11.2 Å². The highest BCUT2D eigenvalue weighted by atomic mass is 35.5. The number of aliphatic hydroxyl groups is 1. The number of imidazole rings is 1. The maximum Gasteiger partial charge on any atom is 0.405 e. The zero-order valence-corrected chi connectivity index (χ0v) is 30.4. The zero-order chi connectivity index (χ0) is 36.2. The van der Waals surface area contributed by atoms with E-state index in [9.17, 15) is 14.5 Å². The van der Waals surface area contributed by atoms with E-state index in [0.717, 1.165) is 38.5 Å². The Bertz CT molecular complexity index is 1530. The van der Waals surface area contributed by atoms with E-state index in [4.69, 9.17) is 31.1 Å². The third-order valence-electron chi connectivity index (χ3n) is 7.38. The van der Waals surface area contributed by atoms with Crippen molar-refractivity contribution in [3.8, 4) is 0 Å². The number of allylic oxidation sites excluding steroid dienone is 10. The minimum atomic E-state index is -3.88. The Hall–Kier alpha value is -3.23. The number of anilines is 1. The summed E-state index contributed by atoms with van der Waals surface area (Å²) in [5.41, 5.74) is 6.15. The lowest BCUT2D eigenvalue weighted by Gasteiger charge is -2.21. The summed E-state index contributed by atoms with van der Waals surface area (Å²) in [6.07, 6.45) is 23.3. The van der Waals surface area contributed by atoms with Gasteiger partial charge in [0.2, 0.25) is 11.2 Å². The number of ether oxygens (including phenoxy) is 1. The molecule has 276 valence electrons. The number of carbonyl (C=O) groups excluding carboxylic acids is 1. The Balaban J connectivity index is 1.30. The van der Waals surface area contributed by atoms with Crippen LogP contribution in [0, 0.1) is 0 Å². The molecule has 2 aromatic rings. The SMILES string of the molecule is CCC=CCC=CCC=CCC=CCC=CCCCC(=O)NCCNP(=O)(OCC)OCC1OC(n2cnc3c(N)nc(Cl)nc32)C(F)C1O. The van der Waals surface area contributed by atoms with Crippen LogP contribution in [0.2, 0.25) is 5.28 Å². The first-order valence-corrected chi connectivity index (χ1v) is 18.9. The fourth-order valence-corrected chi connectivity index (χ4v) is 6.36. The molecule has 0 spiro atoms. The second kappa shape index (κ2) is 22.6. The standard InChI is InChI=1S/C34H50ClFN7O6P/c1-3-5-6-7-8-9-10-11-12-13-14-15-16-17-18-19-20-21-27(44)38-22-23-40-50(46,47-4-2)48-24-26-30(45)28(36)33(49-26)43-25-39-29-31(37)41-34(35)42-32(29)43/h5-6,8-9,11-12,14-15,17-18,25-26,28,30,33,45H,3-4,7,10,13,16,19-24H2,1-2H3,(H,38,44)(H,40,46)(H2,37,41,42). The molecule has 3 rings (SSSR count). The molecular weight excluding hydrogens is 688 g/mol. The highest BCUT2D eigenvalue weighted by Gasteiger charge is 2.47. The molecule has 5 N–H and O–H groups in total. The number of amides is 1. The van der Waals surface area contributed by atoms with Gasteiger partial charge in [-0.2, -0.15) is 9.97 Å². The second-order valence-corrected chi connectivity index (χ2v) is 13.4. The molecule has 0 aromatic carbocycles. The number of carbonyl (C=O) groups is 1. The van der Waals surface area contributed by atoms with Crippen molar-refractivity contribution in [3.05, 3.63) is 72.4 Å². The number of nitrogens with zero attached hydrogens (tertiary/aromatic N) is 4. The van der Waals surface area contributed by atoms with Crippen LogP contribution in [-0.4, -0.2) is 75.2 Å². The fourth-order valence-electron chi connectivity index (χ4n) is 4.86. The monoisotopic (exact) mass is 737 g/mol. The maximum atomic E-state index is 15.1. The average Bonchev–Trinajstić information content (AvgIpc) is 3.63. The van der Waals surface area contributed by atoms with Gasteiger partial charge in [0.15, 0.2) is 23.9 Å². The summed E-state index contributed by atoms with van der Waals surface area (Å²) >= 11 is 5.90. The van der Waals surface area contributed by atoms with Crippen LogP contribution >= 0.6 is 19.3 Å². The van der Waals surface area contributed by atoms with Gasteiger partial charge in [0.05, 0.1) is 19.5 Å². The predicted octanol–water partition coefficient (Wildman–Crippen LogP) is 6.45. The molecule has 1 fully saturated rings. The molecular formula is C34H50ClFN7O6P. The Morgan fingerprint density at radius 3 is 2.32 bits per heavy atom. The van der Waals surface area contributed by atoms with E-state index < -0.39 is 39.0 Å². The molecule has 5 unspecified atom stereocenters. The van der Waals surface area contributed by atoms with Gasteiger partial charge in [-0.25, -0.2) is 19.0 Å². The van der Waals surface area contributed by atoms with Gasteiger partial charge in [-0.1, -0.05) is 67.7 Å². The molecule has 50 heavy (non-hydrogen) atoms. The van der Waals surface area contributed by atoms with Crippen molar-refractivity contribution in [2.24, 2.45) is 0 Å². The van der Waals surface area contributed by atoms with E-state index in [1.54, 1.807) is 6.92 Å². The Labute approximate surface area is 298 Å². The number of nitrogen functional groups attached to an aromatic ring is 1. The second-order valence-electron chi connectivity index (χ2n) is 11.3. The number of alkyl halides is 1. The minimum absolute atomic E-state index is 0.00819. The van der Waals surface area contributed by atoms with E-state index in [-0.39, 0.29) is 47.9 Å². The van der Waals surface area contributed by atoms with E-state index in [1.807, 2.05) is 0 Å². The van der Waals surface area contributed by atoms with Crippen LogP contribution in [-0.2, 0) is 23.1 Å². The first-order valence-electron chi connectivity index (χ1n) is 17.0. The lowest BCUT2D eigenvalue weighted by atomic mass is 10.1. The third-order valence-corrected chi connectivity index (χ3v) is 9.25. The number of aromatic nitrogens is 4. The molecule has 2 aromatic heterocycles. The normalized spacial score (nSPS) is 21.2. The van der Waals surface area contributed by atoms with Crippen LogP contribution in [0.3, 0.4) is 0 Å². The van der Waals surface area contributed by atoms with Gasteiger partial charge in [-0.3, -0.25) is 18.4 Å². The summed E-state index contributed by atoms with van der Waals surface area (Å²) in [6, 6.07) is 0. The number of hydrogen-bond donors (Lipinski definition) is 4. The van der Waals surface area contributed by atoms with E-state index in [1.165, 1.54) is 10.9 Å². The number of aliphatic hydroxyl groups excluding tert-OH is 1. The summed E-state index contributed by atoms with van der Waals surface area (Å²) in [5.74, 6) is -0.122. The average molecular weight is 738 g/mol. The Morgan fingerprint density at radius 2 is 1.68 bits per heavy atom. The number of nitrogens with two attached hydrogens (primary N) is 1. The van der Waals surface area contributed by atoms with Gasteiger partial charge < -0.3 is 20.9 Å². The Kier molecular flexibility index (Phi) is 18.6. The summed E-state index contributed by atoms with van der Waals surface area (Å²) < 4.78 is 46.1. The number of fused-ring (bicyclic) bond motifs is 1. The van der Waals surface area contributed by atoms with E-state index in [2.05, 4.69) is 93.0 Å². The van der Waals surface area contributed by atoms with Crippen molar-refractivity contribution in [1.82, 2.24) is 29.9 Å². The quantitative estimate of drug-likeness (QED) is 0.0427. The highest BCUT2D eigenvalue weighted by molar-refractivity contribution is 7.51. The lowest BCUT2D eigenvalue weighted by Crippen LogP contribution is -2.33. The minimum Gasteiger partial charge on any atom is -0.387 e. The first kappa shape index (κ1) is 41.2. The van der Waals surface area contributed by atoms with Crippen molar-refractivity contribution < 1.29 is 32.6 Å². The van der Waals surface area contributed by atoms with Crippen molar-refractivity contribution in [2.45, 2.75) is 89.8 Å². The predicted molar refractivity (Wildman–Crippen MR) is 194 cm³/mol. The van der Waals surface area contributed by atoms with E-state index >= 15 is 4.39 Å². The number of rotatable bonds is 23. The molecule has 13 nitrogen and oxygen atoms in total. The molecule has 5 atom stereocenters. The van der Waals surface area contributed by atoms with Crippen molar-refractivity contribution in [3.63, 3.8) is 0 Å². The summed E-state index contributed by atoms with van der Waals surface area (Å²) in [6.45, 7) is 3.63. The number of unbranched alkanes of at least 4 members (excludes halogenated alkanes) is 1. The molecule has 0 bridgehead atoms. The van der Waals surface area contributed by atoms with Gasteiger partial charge >= 0.3 is 7.75 Å². The molecule has 1 aliphatic rings. The lowest BCUT2D eigenvalue weighted by molar-refractivity contribution is -0.121. The number of halogens is 2. The van der Waals surface area contributed by atoms with Crippen molar-refractivity contribution in [1.29, 1.82) is 0 Å². The van der Waals surface area contributed by atoms with Crippen LogP contribution < -0.4 is 16.1 Å². The topological polar surface area (TPSA) is 176 Å². The molecule has 0 radical (unpaired) electrons. The van der Waals surface area contributed by atoms with E-state index in [0.29, 0.717) is 12.8 Å². The van der Waals surface area contributed by atoms with Crippen LogP contribution in [0.5, 0.6) is 0 Å². The van der Waals surface area contributed by atoms with Crippen LogP contribution in [0.15, 0.2) is 67.1 Å². The van der Waals surface area contributed by atoms with Crippen molar-refractivity contribution >= 4 is 42.2 Å². The molecule has 0 saturated carbocycles. The molecule has 1 aliphatic heterocycles. The van der Waals surface area contributed by atoms with Gasteiger partial charge in [0.25, 0.3) is 0 Å². The van der Waals surface area contributed by atoms with Gasteiger partial charge in [-0.15, -0.1) is 0 Å². The molecule has 1 amide bonds. The number of hydrogen-bond acceptors (Lipinski definition) is 10. The molecule has 0 aliphatic carbocycles. The first-order chi connectivity index (χ1) is 24.2. The van der Waals surface area contributed by atoms with Crippen LogP contribution in [0.1, 0.15) is 71.4 Å². The Morgan fingerprint density at radius 1 is 1.04 bits per heavy atom. The molecule has 3 heterocycles. The summed E-state index contributed by atoms with van der Waals surface area (Å²) in [4.78, 5) is 24.2. The summed E-state index contributed by atoms with van der Waals surface area (Å²) in [5, 5.41) is 15.8. The largest absolute Gasteiger partial charge is 0.405 e. The summed E-state index contributed by atoms with van der Waals surface area (Å²) in [7, 11) is -3.88. The van der Waals surface area contributed by atoms with Gasteiger partial charge in [0.1, 0.15) is 17.7 Å². The molecule has 1 saturated heterocycles. The van der Waals surface area contributed by atoms with Gasteiger partial charge in [0, 0.05) is 19.5 Å². The van der Waals surface area contributed by atoms with Crippen LogP contribution in [0.4, 0.5) is 10.2 Å². The van der Waals surface area contributed by atoms with Gasteiger partial charge in [-0.05, 0) is 63.5 Å². The molecule has 16 heteroatoms. The smallest absolute Gasteiger partial charge is 0.387 e. The number of nitrogens with one attached hydrogen (secondary N) is 2. The van der Waals surface area contributed by atoms with Crippen molar-refractivity contribution in [2.75, 3.05) is 32.0 Å².